The summed E-state index contributed by atoms with van der Waals surface area (Å²) in [6.07, 6.45) is 3.16. The van der Waals surface area contributed by atoms with Gasteiger partial charge in [0.2, 0.25) is 0 Å². The summed E-state index contributed by atoms with van der Waals surface area (Å²) in [6.45, 7) is 2.07. The molecule has 0 aromatic rings. The molecule has 2 amide bonds. The zero-order chi connectivity index (χ0) is 10.3. The topological polar surface area (TPSA) is 57.6 Å². The minimum absolute atomic E-state index is 0.0586. The van der Waals surface area contributed by atoms with Crippen LogP contribution in [0.5, 0.6) is 0 Å². The van der Waals surface area contributed by atoms with E-state index in [0.29, 0.717) is 12.1 Å². The summed E-state index contributed by atoms with van der Waals surface area (Å²) < 4.78 is 0. The fourth-order valence-electron chi connectivity index (χ4n) is 1.67. The quantitative estimate of drug-likeness (QED) is 0.648. The summed E-state index contributed by atoms with van der Waals surface area (Å²) in [5, 5.41) is 9.09. The van der Waals surface area contributed by atoms with Gasteiger partial charge in [-0.2, -0.15) is 0 Å². The third-order valence-electron chi connectivity index (χ3n) is 2.97. The highest BCUT2D eigenvalue weighted by atomic mass is 16.3. The maximum atomic E-state index is 11.5. The van der Waals surface area contributed by atoms with Crippen molar-refractivity contribution >= 4 is 11.8 Å². The molecular weight excluding hydrogens is 182 g/mol. The molecule has 0 atom stereocenters. The van der Waals surface area contributed by atoms with Gasteiger partial charge in [-0.3, -0.25) is 14.5 Å². The lowest BCUT2D eigenvalue weighted by Crippen LogP contribution is -2.37. The van der Waals surface area contributed by atoms with Crippen LogP contribution in [0.3, 0.4) is 0 Å². The molecule has 1 aliphatic heterocycles. The Balaban J connectivity index is 2.07. The smallest absolute Gasteiger partial charge is 0.256 e. The molecule has 1 aliphatic carbocycles. The maximum Gasteiger partial charge on any atom is 0.256 e. The highest BCUT2D eigenvalue weighted by Crippen LogP contribution is 2.46. The number of imide groups is 1. The van der Waals surface area contributed by atoms with Crippen molar-refractivity contribution in [3.63, 3.8) is 0 Å². The van der Waals surface area contributed by atoms with Crippen LogP contribution >= 0.6 is 0 Å². The van der Waals surface area contributed by atoms with Gasteiger partial charge in [-0.1, -0.05) is 0 Å². The Morgan fingerprint density at radius 2 is 2.14 bits per heavy atom. The predicted octanol–water partition coefficient (Wildman–Crippen LogP) is 0.0740. The summed E-state index contributed by atoms with van der Waals surface area (Å²) in [6, 6.07) is 0. The zero-order valence-electron chi connectivity index (χ0n) is 8.12. The van der Waals surface area contributed by atoms with Gasteiger partial charge in [-0.05, 0) is 19.8 Å². The third kappa shape index (κ3) is 1.35. The average Bonchev–Trinajstić information content (AvgIpc) is 2.88. The van der Waals surface area contributed by atoms with Gasteiger partial charge in [-0.25, -0.2) is 0 Å². The van der Waals surface area contributed by atoms with Crippen molar-refractivity contribution in [1.82, 2.24) is 4.90 Å². The molecule has 0 aromatic heterocycles. The molecule has 0 unspecified atom stereocenters. The van der Waals surface area contributed by atoms with Crippen molar-refractivity contribution in [2.24, 2.45) is 5.41 Å². The van der Waals surface area contributed by atoms with E-state index in [0.717, 1.165) is 12.8 Å². The van der Waals surface area contributed by atoms with Crippen molar-refractivity contribution in [2.75, 3.05) is 13.2 Å². The number of carbonyl (C=O) groups is 2. The Kier molecular flexibility index (Phi) is 1.96. The van der Waals surface area contributed by atoms with E-state index in [-0.39, 0.29) is 23.8 Å². The average molecular weight is 195 g/mol. The van der Waals surface area contributed by atoms with E-state index in [9.17, 15) is 9.59 Å². The predicted molar refractivity (Wildman–Crippen MR) is 49.2 cm³/mol. The van der Waals surface area contributed by atoms with Gasteiger partial charge in [0.1, 0.15) is 0 Å². The van der Waals surface area contributed by atoms with Crippen LogP contribution in [0.1, 0.15) is 19.8 Å². The number of rotatable bonds is 3. The van der Waals surface area contributed by atoms with Gasteiger partial charge in [0.15, 0.2) is 0 Å². The van der Waals surface area contributed by atoms with Crippen molar-refractivity contribution in [2.45, 2.75) is 19.8 Å². The van der Waals surface area contributed by atoms with E-state index >= 15 is 0 Å². The van der Waals surface area contributed by atoms with E-state index in [1.807, 2.05) is 0 Å². The van der Waals surface area contributed by atoms with Crippen LogP contribution in [0.4, 0.5) is 0 Å². The number of hydrogen-bond acceptors (Lipinski definition) is 3. The molecule has 0 spiro atoms. The molecule has 0 saturated heterocycles. The van der Waals surface area contributed by atoms with E-state index in [2.05, 4.69) is 0 Å². The number of amides is 2. The Hall–Kier alpha value is -1.16. The summed E-state index contributed by atoms with van der Waals surface area (Å²) in [7, 11) is 0. The van der Waals surface area contributed by atoms with Crippen LogP contribution in [-0.2, 0) is 9.59 Å². The first-order chi connectivity index (χ1) is 6.58. The Bertz CT molecular complexity index is 328. The normalized spacial score (nSPS) is 24.1. The SMILES string of the molecule is CC1=CC(=O)N(CC2(CO)CC2)C1=O. The molecule has 4 heteroatoms. The molecule has 0 bridgehead atoms. The lowest BCUT2D eigenvalue weighted by molar-refractivity contribution is -0.138. The molecule has 2 aliphatic rings. The number of aliphatic hydroxyl groups excluding tert-OH is 1. The Morgan fingerprint density at radius 1 is 1.50 bits per heavy atom. The van der Waals surface area contributed by atoms with E-state index < -0.39 is 0 Å². The van der Waals surface area contributed by atoms with Gasteiger partial charge >= 0.3 is 0 Å². The van der Waals surface area contributed by atoms with E-state index in [1.165, 1.54) is 11.0 Å². The molecule has 76 valence electrons. The monoisotopic (exact) mass is 195 g/mol. The van der Waals surface area contributed by atoms with Crippen molar-refractivity contribution < 1.29 is 14.7 Å². The minimum Gasteiger partial charge on any atom is -0.396 e. The first-order valence-corrected chi connectivity index (χ1v) is 4.73. The fourth-order valence-corrected chi connectivity index (χ4v) is 1.67. The molecule has 0 radical (unpaired) electrons. The lowest BCUT2D eigenvalue weighted by Gasteiger charge is -2.20. The van der Waals surface area contributed by atoms with Gasteiger partial charge < -0.3 is 5.11 Å². The second-order valence-electron chi connectivity index (χ2n) is 4.21. The van der Waals surface area contributed by atoms with Gasteiger partial charge in [0.05, 0.1) is 6.61 Å². The highest BCUT2D eigenvalue weighted by Gasteiger charge is 2.46. The van der Waals surface area contributed by atoms with Crippen molar-refractivity contribution in [3.05, 3.63) is 11.6 Å². The largest absolute Gasteiger partial charge is 0.396 e. The lowest BCUT2D eigenvalue weighted by atomic mass is 10.1. The standard InChI is InChI=1S/C10H13NO3/c1-7-4-8(13)11(9(7)14)5-10(6-12)2-3-10/h4,12H,2-3,5-6H2,1H3. The van der Waals surface area contributed by atoms with Crippen LogP contribution in [0.2, 0.25) is 0 Å². The summed E-state index contributed by atoms with van der Waals surface area (Å²) >= 11 is 0. The fraction of sp³-hybridized carbons (Fsp3) is 0.600. The first kappa shape index (κ1) is 9.40. The summed E-state index contributed by atoms with van der Waals surface area (Å²) in [5.74, 6) is -0.457. The Morgan fingerprint density at radius 3 is 2.50 bits per heavy atom. The van der Waals surface area contributed by atoms with E-state index in [4.69, 9.17) is 5.11 Å². The number of hydrogen-bond donors (Lipinski definition) is 1. The van der Waals surface area contributed by atoms with Crippen LogP contribution < -0.4 is 0 Å². The second kappa shape index (κ2) is 2.92. The summed E-state index contributed by atoms with van der Waals surface area (Å²) in [5.41, 5.74) is 0.299. The molecule has 1 saturated carbocycles. The molecule has 0 aromatic carbocycles. The van der Waals surface area contributed by atoms with Crippen LogP contribution in [0.15, 0.2) is 11.6 Å². The maximum absolute atomic E-state index is 11.5. The number of nitrogens with zero attached hydrogens (tertiary/aromatic N) is 1. The molecule has 1 fully saturated rings. The minimum atomic E-state index is -0.243. The van der Waals surface area contributed by atoms with Crippen LogP contribution in [-0.4, -0.2) is 35.0 Å². The molecule has 1 N–H and O–H groups in total. The zero-order valence-corrected chi connectivity index (χ0v) is 8.12. The number of carbonyl (C=O) groups excluding carboxylic acids is 2. The molecule has 4 nitrogen and oxygen atoms in total. The third-order valence-corrected chi connectivity index (χ3v) is 2.97. The van der Waals surface area contributed by atoms with E-state index in [1.54, 1.807) is 6.92 Å². The van der Waals surface area contributed by atoms with Gasteiger partial charge in [-0.15, -0.1) is 0 Å². The number of aliphatic hydroxyl groups is 1. The Labute approximate surface area is 82.2 Å². The molecule has 2 rings (SSSR count). The van der Waals surface area contributed by atoms with Crippen LogP contribution in [0.25, 0.3) is 0 Å². The molecule has 1 heterocycles. The highest BCUT2D eigenvalue weighted by molar-refractivity contribution is 6.15. The van der Waals surface area contributed by atoms with Gasteiger partial charge in [0.25, 0.3) is 11.8 Å². The van der Waals surface area contributed by atoms with Gasteiger partial charge in [0, 0.05) is 23.6 Å². The second-order valence-corrected chi connectivity index (χ2v) is 4.21. The molecule has 14 heavy (non-hydrogen) atoms. The molecular formula is C10H13NO3. The first-order valence-electron chi connectivity index (χ1n) is 4.73. The van der Waals surface area contributed by atoms with Crippen molar-refractivity contribution in [3.8, 4) is 0 Å². The van der Waals surface area contributed by atoms with Crippen molar-refractivity contribution in [1.29, 1.82) is 0 Å². The summed E-state index contributed by atoms with van der Waals surface area (Å²) in [4.78, 5) is 24.1. The van der Waals surface area contributed by atoms with Crippen LogP contribution in [0, 0.1) is 5.41 Å².